The summed E-state index contributed by atoms with van der Waals surface area (Å²) in [5, 5.41) is 7.23. The maximum absolute atomic E-state index is 12.0. The van der Waals surface area contributed by atoms with Crippen LogP contribution < -0.4 is 10.6 Å². The Morgan fingerprint density at radius 2 is 1.96 bits per heavy atom. The van der Waals surface area contributed by atoms with Crippen LogP contribution >= 0.6 is 11.8 Å². The molecular formula is C19H34N4O2S. The number of hydrogen-bond donors (Lipinski definition) is 2. The van der Waals surface area contributed by atoms with E-state index in [-0.39, 0.29) is 18.1 Å². The van der Waals surface area contributed by atoms with Gasteiger partial charge in [0.25, 0.3) is 0 Å². The van der Waals surface area contributed by atoms with Crippen molar-refractivity contribution in [1.82, 2.24) is 15.5 Å². The summed E-state index contributed by atoms with van der Waals surface area (Å²) in [5.74, 6) is 3.14. The van der Waals surface area contributed by atoms with E-state index in [1.807, 2.05) is 11.8 Å². The Hall–Kier alpha value is -0.950. The molecule has 1 amide bonds. The van der Waals surface area contributed by atoms with Gasteiger partial charge in [0, 0.05) is 38.5 Å². The van der Waals surface area contributed by atoms with E-state index in [1.165, 1.54) is 37.9 Å². The lowest BCUT2D eigenvalue weighted by Gasteiger charge is -2.39. The number of likely N-dealkylation sites (N-methyl/N-ethyl adjacent to an activating group) is 1. The van der Waals surface area contributed by atoms with Crippen LogP contribution in [0.4, 0.5) is 0 Å². The fraction of sp³-hybridized carbons (Fsp3) is 0.895. The van der Waals surface area contributed by atoms with Gasteiger partial charge in [-0.1, -0.05) is 19.3 Å². The summed E-state index contributed by atoms with van der Waals surface area (Å²) < 4.78 is 6.14. The standard InChI is InChI=1S/C19H34N4O2S/c1-23(2)17(24)13-20-18(21-15-6-4-3-5-7-15)22-16-8-10-25-19(12-16)9-11-26-14-19/h15-16H,3-14H2,1-2H3,(H2,20,21,22). The summed E-state index contributed by atoms with van der Waals surface area (Å²) in [6.07, 6.45) is 9.45. The maximum atomic E-state index is 12.0. The lowest BCUT2D eigenvalue weighted by atomic mass is 9.90. The Labute approximate surface area is 161 Å². The molecule has 6 nitrogen and oxygen atoms in total. The van der Waals surface area contributed by atoms with Crippen LogP contribution in [0.1, 0.15) is 51.4 Å². The van der Waals surface area contributed by atoms with Crippen molar-refractivity contribution < 1.29 is 9.53 Å². The smallest absolute Gasteiger partial charge is 0.243 e. The second-order valence-electron chi connectivity index (χ2n) is 8.10. The molecule has 0 aromatic rings. The fourth-order valence-electron chi connectivity index (χ4n) is 4.07. The van der Waals surface area contributed by atoms with Crippen LogP contribution in [-0.4, -0.2) is 73.2 Å². The Balaban J connectivity index is 1.61. The van der Waals surface area contributed by atoms with Crippen molar-refractivity contribution in [2.75, 3.05) is 38.8 Å². The molecule has 1 aliphatic carbocycles. The highest BCUT2D eigenvalue weighted by molar-refractivity contribution is 7.99. The summed E-state index contributed by atoms with van der Waals surface area (Å²) in [7, 11) is 3.55. The third kappa shape index (κ3) is 5.52. The normalized spacial score (nSPS) is 30.4. The first-order valence-corrected chi connectivity index (χ1v) is 11.2. The molecule has 3 aliphatic rings. The predicted molar refractivity (Wildman–Crippen MR) is 108 cm³/mol. The minimum absolute atomic E-state index is 0.0328. The number of rotatable bonds is 4. The molecule has 26 heavy (non-hydrogen) atoms. The number of nitrogens with zero attached hydrogens (tertiary/aromatic N) is 2. The molecular weight excluding hydrogens is 348 g/mol. The summed E-state index contributed by atoms with van der Waals surface area (Å²) in [6, 6.07) is 0.840. The molecule has 0 aromatic carbocycles. The van der Waals surface area contributed by atoms with Gasteiger partial charge in [-0.05, 0) is 37.9 Å². The number of ether oxygens (including phenoxy) is 1. The van der Waals surface area contributed by atoms with Gasteiger partial charge in [0.2, 0.25) is 5.91 Å². The van der Waals surface area contributed by atoms with Crippen molar-refractivity contribution in [1.29, 1.82) is 0 Å². The Kier molecular flexibility index (Phi) is 7.09. The third-order valence-corrected chi connectivity index (χ3v) is 6.94. The molecule has 2 unspecified atom stereocenters. The lowest BCUT2D eigenvalue weighted by Crippen LogP contribution is -2.53. The number of guanidine groups is 1. The number of carbonyl (C=O) groups is 1. The van der Waals surface area contributed by atoms with Crippen molar-refractivity contribution in [3.63, 3.8) is 0 Å². The number of nitrogens with one attached hydrogen (secondary N) is 2. The van der Waals surface area contributed by atoms with Gasteiger partial charge < -0.3 is 20.3 Å². The second-order valence-corrected chi connectivity index (χ2v) is 9.21. The average Bonchev–Trinajstić information content (AvgIpc) is 3.07. The molecule has 0 radical (unpaired) electrons. The molecule has 2 heterocycles. The monoisotopic (exact) mass is 382 g/mol. The van der Waals surface area contributed by atoms with E-state index >= 15 is 0 Å². The summed E-state index contributed by atoms with van der Waals surface area (Å²) in [6.45, 7) is 1.00. The van der Waals surface area contributed by atoms with Crippen molar-refractivity contribution in [3.8, 4) is 0 Å². The Bertz CT molecular complexity index is 500. The first-order valence-electron chi connectivity index (χ1n) is 10.1. The highest BCUT2D eigenvalue weighted by atomic mass is 32.2. The van der Waals surface area contributed by atoms with Crippen LogP contribution in [-0.2, 0) is 9.53 Å². The van der Waals surface area contributed by atoms with Crippen molar-refractivity contribution in [2.45, 2.75) is 69.1 Å². The van der Waals surface area contributed by atoms with Gasteiger partial charge in [0.1, 0.15) is 6.54 Å². The number of thioether (sulfide) groups is 1. The van der Waals surface area contributed by atoms with E-state index in [9.17, 15) is 4.79 Å². The van der Waals surface area contributed by atoms with Crippen LogP contribution in [0.3, 0.4) is 0 Å². The van der Waals surface area contributed by atoms with Gasteiger partial charge in [-0.2, -0.15) is 11.8 Å². The zero-order valence-corrected chi connectivity index (χ0v) is 17.1. The Morgan fingerprint density at radius 3 is 2.65 bits per heavy atom. The van der Waals surface area contributed by atoms with E-state index in [0.717, 1.165) is 37.6 Å². The van der Waals surface area contributed by atoms with Crippen LogP contribution in [0.25, 0.3) is 0 Å². The second kappa shape index (κ2) is 9.31. The van der Waals surface area contributed by atoms with Gasteiger partial charge in [-0.3, -0.25) is 4.79 Å². The first-order chi connectivity index (χ1) is 12.6. The van der Waals surface area contributed by atoms with E-state index < -0.39 is 0 Å². The highest BCUT2D eigenvalue weighted by Crippen LogP contribution is 2.38. The van der Waals surface area contributed by atoms with Gasteiger partial charge in [0.15, 0.2) is 5.96 Å². The highest BCUT2D eigenvalue weighted by Gasteiger charge is 2.40. The molecule has 148 valence electrons. The zero-order valence-electron chi connectivity index (χ0n) is 16.3. The molecule has 3 rings (SSSR count). The molecule has 2 N–H and O–H groups in total. The summed E-state index contributed by atoms with van der Waals surface area (Å²) in [5.41, 5.74) is 0.0516. The number of carbonyl (C=O) groups excluding carboxylic acids is 1. The lowest BCUT2D eigenvalue weighted by molar-refractivity contribution is -0.127. The molecule has 7 heteroatoms. The SMILES string of the molecule is CN(C)C(=O)CN=C(NC1CCCCC1)NC1CCOC2(CCSC2)C1. The molecule has 1 spiro atoms. The number of aliphatic imine (C=N–C) groups is 1. The van der Waals surface area contributed by atoms with Crippen LogP contribution in [0.15, 0.2) is 4.99 Å². The van der Waals surface area contributed by atoms with E-state index in [0.29, 0.717) is 12.1 Å². The fourth-order valence-corrected chi connectivity index (χ4v) is 5.45. The molecule has 3 fully saturated rings. The minimum Gasteiger partial charge on any atom is -0.374 e. The number of amides is 1. The van der Waals surface area contributed by atoms with Crippen LogP contribution in [0.5, 0.6) is 0 Å². The van der Waals surface area contributed by atoms with Gasteiger partial charge in [-0.25, -0.2) is 4.99 Å². The molecule has 2 saturated heterocycles. The van der Waals surface area contributed by atoms with E-state index in [4.69, 9.17) is 4.74 Å². The van der Waals surface area contributed by atoms with Gasteiger partial charge in [0.05, 0.1) is 5.60 Å². The first kappa shape index (κ1) is 19.8. The predicted octanol–water partition coefficient (Wildman–Crippen LogP) is 2.00. The van der Waals surface area contributed by atoms with Crippen molar-refractivity contribution in [2.24, 2.45) is 4.99 Å². The average molecular weight is 383 g/mol. The molecule has 0 bridgehead atoms. The molecule has 2 atom stereocenters. The Morgan fingerprint density at radius 1 is 1.19 bits per heavy atom. The topological polar surface area (TPSA) is 66.0 Å². The molecule has 0 aromatic heterocycles. The zero-order chi connectivity index (χ0) is 18.4. The quantitative estimate of drug-likeness (QED) is 0.575. The van der Waals surface area contributed by atoms with Crippen molar-refractivity contribution in [3.05, 3.63) is 0 Å². The van der Waals surface area contributed by atoms with Crippen molar-refractivity contribution >= 4 is 23.6 Å². The summed E-state index contributed by atoms with van der Waals surface area (Å²) >= 11 is 2.00. The number of hydrogen-bond acceptors (Lipinski definition) is 4. The molecule has 1 saturated carbocycles. The van der Waals surface area contributed by atoms with Gasteiger partial charge >= 0.3 is 0 Å². The van der Waals surface area contributed by atoms with Crippen LogP contribution in [0, 0.1) is 0 Å². The largest absolute Gasteiger partial charge is 0.374 e. The minimum atomic E-state index is 0.0328. The molecule has 2 aliphatic heterocycles. The maximum Gasteiger partial charge on any atom is 0.243 e. The third-order valence-electron chi connectivity index (χ3n) is 5.72. The van der Waals surface area contributed by atoms with E-state index in [1.54, 1.807) is 19.0 Å². The van der Waals surface area contributed by atoms with E-state index in [2.05, 4.69) is 15.6 Å². The van der Waals surface area contributed by atoms with Crippen LogP contribution in [0.2, 0.25) is 0 Å². The van der Waals surface area contributed by atoms with Gasteiger partial charge in [-0.15, -0.1) is 0 Å². The summed E-state index contributed by atoms with van der Waals surface area (Å²) in [4.78, 5) is 18.2.